The number of anilines is 2. The number of rotatable bonds is 2. The van der Waals surface area contributed by atoms with Gasteiger partial charge in [-0.1, -0.05) is 44.2 Å². The largest absolute Gasteiger partial charge is 0.371 e. The van der Waals surface area contributed by atoms with E-state index in [-0.39, 0.29) is 5.54 Å². The molecule has 1 heterocycles. The molecule has 0 atom stereocenters. The van der Waals surface area contributed by atoms with Gasteiger partial charge in [-0.05, 0) is 25.0 Å². The number of nitrogens with two attached hydrogens (primary N) is 1. The summed E-state index contributed by atoms with van der Waals surface area (Å²) < 4.78 is 0. The molecule has 0 aromatic heterocycles. The molecule has 3 rings (SSSR count). The Kier molecular flexibility index (Phi) is 4.39. The summed E-state index contributed by atoms with van der Waals surface area (Å²) in [6, 6.07) is 8.83. The van der Waals surface area contributed by atoms with Crippen molar-refractivity contribution in [2.75, 3.05) is 36.5 Å². The van der Waals surface area contributed by atoms with Crippen LogP contribution in [0, 0.1) is 0 Å². The van der Waals surface area contributed by atoms with Crippen LogP contribution in [0.25, 0.3) is 0 Å². The third-order valence-electron chi connectivity index (χ3n) is 5.48. The van der Waals surface area contributed by atoms with Crippen LogP contribution < -0.4 is 15.5 Å². The molecule has 116 valence electrons. The van der Waals surface area contributed by atoms with Crippen LogP contribution in [-0.4, -0.2) is 32.2 Å². The summed E-state index contributed by atoms with van der Waals surface area (Å²) in [5.41, 5.74) is 9.25. The van der Waals surface area contributed by atoms with Gasteiger partial charge in [-0.3, -0.25) is 0 Å². The molecule has 1 aromatic carbocycles. The van der Waals surface area contributed by atoms with Crippen LogP contribution in [0.2, 0.25) is 0 Å². The Morgan fingerprint density at radius 2 is 1.57 bits per heavy atom. The van der Waals surface area contributed by atoms with E-state index in [1.807, 2.05) is 0 Å². The van der Waals surface area contributed by atoms with E-state index >= 15 is 0 Å². The predicted molar refractivity (Wildman–Crippen MR) is 91.2 cm³/mol. The Morgan fingerprint density at radius 3 is 2.24 bits per heavy atom. The van der Waals surface area contributed by atoms with Crippen molar-refractivity contribution in [1.82, 2.24) is 0 Å². The van der Waals surface area contributed by atoms with Crippen molar-refractivity contribution in [1.29, 1.82) is 0 Å². The highest BCUT2D eigenvalue weighted by atomic mass is 15.3. The van der Waals surface area contributed by atoms with E-state index in [0.29, 0.717) is 0 Å². The number of benzene rings is 1. The lowest BCUT2D eigenvalue weighted by atomic mass is 9.81. The molecule has 1 aliphatic carbocycles. The fourth-order valence-electron chi connectivity index (χ4n) is 4.15. The zero-order valence-corrected chi connectivity index (χ0v) is 13.4. The highest BCUT2D eigenvalue weighted by Gasteiger charge is 2.38. The first-order chi connectivity index (χ1) is 10.3. The summed E-state index contributed by atoms with van der Waals surface area (Å²) >= 11 is 0. The molecule has 21 heavy (non-hydrogen) atoms. The van der Waals surface area contributed by atoms with Crippen molar-refractivity contribution in [3.8, 4) is 0 Å². The van der Waals surface area contributed by atoms with Crippen LogP contribution in [0.1, 0.15) is 44.9 Å². The third kappa shape index (κ3) is 2.76. The van der Waals surface area contributed by atoms with E-state index in [2.05, 4.69) is 41.1 Å². The van der Waals surface area contributed by atoms with Gasteiger partial charge in [0.25, 0.3) is 0 Å². The maximum atomic E-state index is 6.33. The standard InChI is InChI=1S/C18H29N3/c1-20-13-14-21(17-10-6-5-9-16(17)20)18(15-19)11-7-3-2-4-8-12-18/h5-6,9-10H,2-4,7-8,11-15,19H2,1H3. The number of fused-ring (bicyclic) bond motifs is 1. The molecule has 3 heteroatoms. The molecule has 2 aliphatic rings. The first-order valence-corrected chi connectivity index (χ1v) is 8.55. The van der Waals surface area contributed by atoms with Crippen molar-refractivity contribution in [3.05, 3.63) is 24.3 Å². The molecule has 2 N–H and O–H groups in total. The van der Waals surface area contributed by atoms with Gasteiger partial charge in [-0.25, -0.2) is 0 Å². The average Bonchev–Trinajstić information content (AvgIpc) is 2.49. The molecule has 0 bridgehead atoms. The van der Waals surface area contributed by atoms with Crippen molar-refractivity contribution in [3.63, 3.8) is 0 Å². The van der Waals surface area contributed by atoms with Crippen LogP contribution in [0.3, 0.4) is 0 Å². The smallest absolute Gasteiger partial charge is 0.0609 e. The molecular weight excluding hydrogens is 258 g/mol. The van der Waals surface area contributed by atoms with E-state index in [0.717, 1.165) is 19.6 Å². The first-order valence-electron chi connectivity index (χ1n) is 8.55. The minimum atomic E-state index is 0.178. The maximum Gasteiger partial charge on any atom is 0.0609 e. The van der Waals surface area contributed by atoms with Crippen LogP contribution in [0.4, 0.5) is 11.4 Å². The van der Waals surface area contributed by atoms with Gasteiger partial charge in [0.1, 0.15) is 0 Å². The van der Waals surface area contributed by atoms with Gasteiger partial charge in [0.05, 0.1) is 16.9 Å². The SMILES string of the molecule is CN1CCN(C2(CN)CCCCCCC2)c2ccccc21. The third-order valence-corrected chi connectivity index (χ3v) is 5.48. The van der Waals surface area contributed by atoms with Gasteiger partial charge in [0, 0.05) is 26.7 Å². The van der Waals surface area contributed by atoms with Crippen LogP contribution in [0.5, 0.6) is 0 Å². The summed E-state index contributed by atoms with van der Waals surface area (Å²) in [5, 5.41) is 0. The quantitative estimate of drug-likeness (QED) is 0.905. The van der Waals surface area contributed by atoms with E-state index in [1.54, 1.807) is 0 Å². The van der Waals surface area contributed by atoms with Crippen LogP contribution in [-0.2, 0) is 0 Å². The zero-order valence-electron chi connectivity index (χ0n) is 13.4. The number of para-hydroxylation sites is 2. The Morgan fingerprint density at radius 1 is 0.952 bits per heavy atom. The Hall–Kier alpha value is -1.22. The highest BCUT2D eigenvalue weighted by Crippen LogP contribution is 2.40. The van der Waals surface area contributed by atoms with Gasteiger partial charge in [0.15, 0.2) is 0 Å². The fraction of sp³-hybridized carbons (Fsp3) is 0.667. The summed E-state index contributed by atoms with van der Waals surface area (Å²) in [6.07, 6.45) is 9.30. The summed E-state index contributed by atoms with van der Waals surface area (Å²) in [5.74, 6) is 0. The second kappa shape index (κ2) is 6.27. The first kappa shape index (κ1) is 14.7. The number of nitrogens with zero attached hydrogens (tertiary/aromatic N) is 2. The number of hydrogen-bond donors (Lipinski definition) is 1. The molecule has 0 saturated heterocycles. The lowest BCUT2D eigenvalue weighted by Gasteiger charge is -2.50. The molecule has 1 fully saturated rings. The van der Waals surface area contributed by atoms with Crippen molar-refractivity contribution >= 4 is 11.4 Å². The molecule has 0 amide bonds. The van der Waals surface area contributed by atoms with Gasteiger partial charge >= 0.3 is 0 Å². The van der Waals surface area contributed by atoms with Crippen molar-refractivity contribution < 1.29 is 0 Å². The summed E-state index contributed by atoms with van der Waals surface area (Å²) in [6.45, 7) is 2.98. The molecular formula is C18H29N3. The minimum Gasteiger partial charge on any atom is -0.371 e. The minimum absolute atomic E-state index is 0.178. The van der Waals surface area contributed by atoms with Crippen LogP contribution >= 0.6 is 0 Å². The van der Waals surface area contributed by atoms with E-state index < -0.39 is 0 Å². The topological polar surface area (TPSA) is 32.5 Å². The van der Waals surface area contributed by atoms with Gasteiger partial charge in [-0.2, -0.15) is 0 Å². The molecule has 1 aromatic rings. The molecule has 0 spiro atoms. The van der Waals surface area contributed by atoms with Gasteiger partial charge < -0.3 is 15.5 Å². The van der Waals surface area contributed by atoms with E-state index in [4.69, 9.17) is 5.73 Å². The van der Waals surface area contributed by atoms with Gasteiger partial charge in [-0.15, -0.1) is 0 Å². The Balaban J connectivity index is 1.95. The van der Waals surface area contributed by atoms with Crippen molar-refractivity contribution in [2.24, 2.45) is 5.73 Å². The number of hydrogen-bond acceptors (Lipinski definition) is 3. The summed E-state index contributed by atoms with van der Waals surface area (Å²) in [4.78, 5) is 5.02. The van der Waals surface area contributed by atoms with Crippen molar-refractivity contribution in [2.45, 2.75) is 50.5 Å². The molecule has 1 aliphatic heterocycles. The number of likely N-dealkylation sites (N-methyl/N-ethyl adjacent to an activating group) is 1. The average molecular weight is 287 g/mol. The molecule has 1 saturated carbocycles. The monoisotopic (exact) mass is 287 g/mol. The van der Waals surface area contributed by atoms with E-state index in [1.165, 1.54) is 56.3 Å². The van der Waals surface area contributed by atoms with E-state index in [9.17, 15) is 0 Å². The predicted octanol–water partition coefficient (Wildman–Crippen LogP) is 3.38. The highest BCUT2D eigenvalue weighted by molar-refractivity contribution is 5.74. The fourth-order valence-corrected chi connectivity index (χ4v) is 4.15. The molecule has 0 unspecified atom stereocenters. The molecule has 0 radical (unpaired) electrons. The lowest BCUT2D eigenvalue weighted by Crippen LogP contribution is -2.58. The second-order valence-electron chi connectivity index (χ2n) is 6.76. The maximum absolute atomic E-state index is 6.33. The zero-order chi connectivity index (χ0) is 14.7. The molecule has 3 nitrogen and oxygen atoms in total. The summed E-state index contributed by atoms with van der Waals surface area (Å²) in [7, 11) is 2.20. The Bertz CT molecular complexity index is 463. The lowest BCUT2D eigenvalue weighted by molar-refractivity contribution is 0.299. The second-order valence-corrected chi connectivity index (χ2v) is 6.76. The normalized spacial score (nSPS) is 22.4. The Labute approximate surface area is 129 Å². The van der Waals surface area contributed by atoms with Crippen LogP contribution in [0.15, 0.2) is 24.3 Å². The van der Waals surface area contributed by atoms with Gasteiger partial charge in [0.2, 0.25) is 0 Å².